The molecule has 0 rings (SSSR count). The molecule has 0 N–H and O–H groups in total. The summed E-state index contributed by atoms with van der Waals surface area (Å²) in [4.78, 5) is 0. The van der Waals surface area contributed by atoms with E-state index in [-0.39, 0.29) is 0 Å². The lowest BCUT2D eigenvalue weighted by Crippen LogP contribution is -1.69. The molecule has 0 aromatic carbocycles. The molecule has 0 aliphatic rings. The van der Waals surface area contributed by atoms with E-state index in [0.29, 0.717) is 0 Å². The summed E-state index contributed by atoms with van der Waals surface area (Å²) in [6.07, 6.45) is 26.7. The fourth-order valence-electron chi connectivity index (χ4n) is 1.25. The minimum absolute atomic E-state index is 0.989. The molecule has 0 nitrogen and oxygen atoms in total. The molecule has 17 heavy (non-hydrogen) atoms. The van der Waals surface area contributed by atoms with Gasteiger partial charge in [0.15, 0.2) is 0 Å². The lowest BCUT2D eigenvalue weighted by Gasteiger charge is -1.89. The highest BCUT2D eigenvalue weighted by Gasteiger charge is 1.79. The first-order chi connectivity index (χ1) is 8.41. The fraction of sp³-hybridized carbons (Fsp3) is 0.353. The lowest BCUT2D eigenvalue weighted by molar-refractivity contribution is 0.760. The van der Waals surface area contributed by atoms with Crippen LogP contribution >= 0.6 is 0 Å². The van der Waals surface area contributed by atoms with Gasteiger partial charge in [0.05, 0.1) is 0 Å². The highest BCUT2D eigenvalue weighted by Crippen LogP contribution is 1.99. The van der Waals surface area contributed by atoms with Crippen LogP contribution in [0.25, 0.3) is 0 Å². The average molecular weight is 229 g/mol. The van der Waals surface area contributed by atoms with E-state index >= 15 is 0 Å². The molecule has 0 bridgehead atoms. The van der Waals surface area contributed by atoms with E-state index < -0.39 is 0 Å². The zero-order chi connectivity index (χ0) is 12.6. The van der Waals surface area contributed by atoms with Gasteiger partial charge < -0.3 is 0 Å². The third kappa shape index (κ3) is 14.7. The minimum atomic E-state index is 0.989. The predicted octanol–water partition coefficient (Wildman–Crippen LogP) is 5.57. The molecule has 0 spiro atoms. The second-order valence-electron chi connectivity index (χ2n) is 3.78. The summed E-state index contributed by atoms with van der Waals surface area (Å²) in [5, 5.41) is 0. The number of hydrogen-bond acceptors (Lipinski definition) is 0. The van der Waals surface area contributed by atoms with Gasteiger partial charge in [0.2, 0.25) is 0 Å². The summed E-state index contributed by atoms with van der Waals surface area (Å²) >= 11 is 0. The second kappa shape index (κ2) is 14.7. The molecule has 0 unspecified atom stereocenters. The SMILES string of the molecule is [CH2]CCCCC=CC=CCC=CC=CC=CC. The molecule has 0 atom stereocenters. The van der Waals surface area contributed by atoms with E-state index in [0.717, 1.165) is 12.8 Å². The Kier molecular flexibility index (Phi) is 13.6. The van der Waals surface area contributed by atoms with Gasteiger partial charge in [-0.1, -0.05) is 80.5 Å². The average Bonchev–Trinajstić information content (AvgIpc) is 2.35. The first-order valence-electron chi connectivity index (χ1n) is 6.47. The summed E-state index contributed by atoms with van der Waals surface area (Å²) in [5.41, 5.74) is 0. The number of rotatable bonds is 9. The van der Waals surface area contributed by atoms with Crippen molar-refractivity contribution in [2.45, 2.75) is 39.0 Å². The van der Waals surface area contributed by atoms with E-state index in [2.05, 4.69) is 43.4 Å². The fourth-order valence-corrected chi connectivity index (χ4v) is 1.25. The van der Waals surface area contributed by atoms with Crippen LogP contribution in [0.2, 0.25) is 0 Å². The second-order valence-corrected chi connectivity index (χ2v) is 3.78. The first-order valence-corrected chi connectivity index (χ1v) is 6.47. The Balaban J connectivity index is 3.47. The Hall–Kier alpha value is -1.30. The third-order valence-electron chi connectivity index (χ3n) is 2.19. The van der Waals surface area contributed by atoms with Gasteiger partial charge in [-0.05, 0) is 26.2 Å². The number of unbranched alkanes of at least 4 members (excludes halogenated alkanes) is 3. The molecule has 0 aliphatic carbocycles. The van der Waals surface area contributed by atoms with Crippen molar-refractivity contribution in [1.82, 2.24) is 0 Å². The molecule has 93 valence electrons. The summed E-state index contributed by atoms with van der Waals surface area (Å²) in [7, 11) is 0. The Labute approximate surface area is 107 Å². The molecule has 0 aromatic heterocycles. The molecule has 0 fully saturated rings. The van der Waals surface area contributed by atoms with E-state index in [1.165, 1.54) is 19.3 Å². The van der Waals surface area contributed by atoms with Gasteiger partial charge in [0.25, 0.3) is 0 Å². The first kappa shape index (κ1) is 15.7. The highest BCUT2D eigenvalue weighted by molar-refractivity contribution is 5.12. The maximum absolute atomic E-state index is 3.82. The smallest absolute Gasteiger partial charge is 0.0163 e. The van der Waals surface area contributed by atoms with Crippen LogP contribution in [-0.4, -0.2) is 0 Å². The van der Waals surface area contributed by atoms with Crippen molar-refractivity contribution in [3.05, 3.63) is 67.7 Å². The van der Waals surface area contributed by atoms with Gasteiger partial charge in [0.1, 0.15) is 0 Å². The van der Waals surface area contributed by atoms with Crippen molar-refractivity contribution in [2.75, 3.05) is 0 Å². The lowest BCUT2D eigenvalue weighted by atomic mass is 10.2. The Bertz CT molecular complexity index is 274. The van der Waals surface area contributed by atoms with Gasteiger partial charge in [-0.15, -0.1) is 0 Å². The topological polar surface area (TPSA) is 0 Å². The summed E-state index contributed by atoms with van der Waals surface area (Å²) in [6.45, 7) is 5.84. The van der Waals surface area contributed by atoms with Crippen LogP contribution in [0.15, 0.2) is 60.8 Å². The molecular weight excluding hydrogens is 204 g/mol. The Morgan fingerprint density at radius 2 is 1.41 bits per heavy atom. The van der Waals surface area contributed by atoms with Crippen molar-refractivity contribution in [2.24, 2.45) is 0 Å². The molecule has 0 aliphatic heterocycles. The normalized spacial score (nSPS) is 13.3. The van der Waals surface area contributed by atoms with Crippen LogP contribution in [0.1, 0.15) is 39.0 Å². The van der Waals surface area contributed by atoms with E-state index in [1.54, 1.807) is 0 Å². The van der Waals surface area contributed by atoms with Gasteiger partial charge in [-0.3, -0.25) is 0 Å². The van der Waals surface area contributed by atoms with Crippen molar-refractivity contribution < 1.29 is 0 Å². The molecule has 1 radical (unpaired) electrons. The van der Waals surface area contributed by atoms with Crippen LogP contribution in [0.3, 0.4) is 0 Å². The van der Waals surface area contributed by atoms with Gasteiger partial charge in [0, 0.05) is 0 Å². The Morgan fingerprint density at radius 3 is 2.12 bits per heavy atom. The maximum Gasteiger partial charge on any atom is -0.0163 e. The van der Waals surface area contributed by atoms with Gasteiger partial charge in [-0.25, -0.2) is 0 Å². The summed E-state index contributed by atoms with van der Waals surface area (Å²) < 4.78 is 0. The number of hydrogen-bond donors (Lipinski definition) is 0. The van der Waals surface area contributed by atoms with Crippen molar-refractivity contribution in [1.29, 1.82) is 0 Å². The number of allylic oxidation sites excluding steroid dienone is 10. The molecule has 0 heterocycles. The van der Waals surface area contributed by atoms with E-state index in [1.807, 2.05) is 31.2 Å². The quantitative estimate of drug-likeness (QED) is 0.358. The van der Waals surface area contributed by atoms with E-state index in [9.17, 15) is 0 Å². The van der Waals surface area contributed by atoms with Crippen LogP contribution in [0.5, 0.6) is 0 Å². The molecule has 0 heteroatoms. The predicted molar refractivity (Wildman–Crippen MR) is 79.8 cm³/mol. The van der Waals surface area contributed by atoms with Crippen molar-refractivity contribution >= 4 is 0 Å². The van der Waals surface area contributed by atoms with Crippen LogP contribution in [0, 0.1) is 6.92 Å². The van der Waals surface area contributed by atoms with Crippen LogP contribution < -0.4 is 0 Å². The molecule has 0 saturated carbocycles. The molecule has 0 amide bonds. The largest absolute Gasteiger partial charge is 0.0877 e. The summed E-state index contributed by atoms with van der Waals surface area (Å²) in [6, 6.07) is 0. The van der Waals surface area contributed by atoms with Crippen LogP contribution in [0.4, 0.5) is 0 Å². The zero-order valence-corrected chi connectivity index (χ0v) is 11.0. The zero-order valence-electron chi connectivity index (χ0n) is 11.0. The van der Waals surface area contributed by atoms with E-state index in [4.69, 9.17) is 0 Å². The van der Waals surface area contributed by atoms with Crippen molar-refractivity contribution in [3.63, 3.8) is 0 Å². The minimum Gasteiger partial charge on any atom is -0.0877 e. The molecule has 0 aromatic rings. The van der Waals surface area contributed by atoms with Crippen molar-refractivity contribution in [3.8, 4) is 0 Å². The van der Waals surface area contributed by atoms with Crippen LogP contribution in [-0.2, 0) is 0 Å². The Morgan fingerprint density at radius 1 is 0.765 bits per heavy atom. The summed E-state index contributed by atoms with van der Waals surface area (Å²) in [5.74, 6) is 0. The molecule has 0 saturated heterocycles. The third-order valence-corrected chi connectivity index (χ3v) is 2.19. The standard InChI is InChI=1S/C17H25/c1-3-5-7-9-11-13-15-17-16-14-12-10-8-6-4-2/h4,6,8,10-15,17H,1,3,5,7,9,16H2,2H3. The monoisotopic (exact) mass is 229 g/mol. The maximum atomic E-state index is 3.82. The molecular formula is C17H25. The highest BCUT2D eigenvalue weighted by atomic mass is 13.9. The van der Waals surface area contributed by atoms with Gasteiger partial charge >= 0.3 is 0 Å². The van der Waals surface area contributed by atoms with Gasteiger partial charge in [-0.2, -0.15) is 0 Å².